The van der Waals surface area contributed by atoms with E-state index in [1.807, 2.05) is 6.20 Å². The van der Waals surface area contributed by atoms with Crippen molar-refractivity contribution in [3.05, 3.63) is 66.4 Å². The molecule has 0 fully saturated rings. The first-order chi connectivity index (χ1) is 18.9. The normalized spacial score (nSPS) is 12.0. The lowest BCUT2D eigenvalue weighted by atomic mass is 9.92. The molecule has 4 aromatic rings. The molecule has 0 spiro atoms. The fourth-order valence-electron chi connectivity index (χ4n) is 5.86. The standard InChI is InChI=1S/C36H49NO/c1-2-3-4-5-6-7-8-9-10-11-12-13-14-15-16-17-29-38-37-28-27-30-21-22-33-24-23-31-19-18-20-32-25-26-34(30)36(33)35(31)32/h18-28,37H,2-17,29H2,1H3. The molecule has 0 atom stereocenters. The van der Waals surface area contributed by atoms with Gasteiger partial charge in [0.05, 0.1) is 6.61 Å². The van der Waals surface area contributed by atoms with Crippen molar-refractivity contribution in [3.63, 3.8) is 0 Å². The van der Waals surface area contributed by atoms with Crippen LogP contribution in [0, 0.1) is 0 Å². The van der Waals surface area contributed by atoms with Crippen molar-refractivity contribution in [1.29, 1.82) is 0 Å². The minimum Gasteiger partial charge on any atom is -0.277 e. The summed E-state index contributed by atoms with van der Waals surface area (Å²) in [6.45, 7) is 3.06. The van der Waals surface area contributed by atoms with Crippen molar-refractivity contribution >= 4 is 38.4 Å². The van der Waals surface area contributed by atoms with Gasteiger partial charge in [-0.3, -0.25) is 10.3 Å². The molecule has 0 heterocycles. The Balaban J connectivity index is 1.03. The highest BCUT2D eigenvalue weighted by atomic mass is 16.6. The van der Waals surface area contributed by atoms with Crippen LogP contribution in [0.1, 0.15) is 115 Å². The minimum absolute atomic E-state index is 0.765. The van der Waals surface area contributed by atoms with E-state index in [1.165, 1.54) is 134 Å². The lowest BCUT2D eigenvalue weighted by Crippen LogP contribution is -2.07. The molecule has 38 heavy (non-hydrogen) atoms. The summed E-state index contributed by atoms with van der Waals surface area (Å²) in [6.07, 6.45) is 26.3. The first-order valence-corrected chi connectivity index (χ1v) is 15.6. The Hall–Kier alpha value is -2.58. The molecule has 0 saturated heterocycles. The van der Waals surface area contributed by atoms with Gasteiger partial charge in [-0.25, -0.2) is 0 Å². The van der Waals surface area contributed by atoms with Crippen molar-refractivity contribution in [2.45, 2.75) is 110 Å². The maximum atomic E-state index is 5.66. The molecule has 2 nitrogen and oxygen atoms in total. The van der Waals surface area contributed by atoms with E-state index in [4.69, 9.17) is 4.84 Å². The first kappa shape index (κ1) is 28.4. The Kier molecular flexibility index (Phi) is 12.3. The van der Waals surface area contributed by atoms with Gasteiger partial charge < -0.3 is 0 Å². The number of hydrogen-bond acceptors (Lipinski definition) is 2. The minimum atomic E-state index is 0.765. The summed E-state index contributed by atoms with van der Waals surface area (Å²) in [6, 6.07) is 19.9. The molecule has 1 N–H and O–H groups in total. The summed E-state index contributed by atoms with van der Waals surface area (Å²) in [4.78, 5) is 5.66. The number of benzene rings is 4. The topological polar surface area (TPSA) is 21.3 Å². The van der Waals surface area contributed by atoms with Crippen molar-refractivity contribution in [1.82, 2.24) is 5.48 Å². The van der Waals surface area contributed by atoms with Crippen LogP contribution in [0.25, 0.3) is 38.4 Å². The van der Waals surface area contributed by atoms with E-state index in [2.05, 4.69) is 73.1 Å². The molecule has 0 aliphatic carbocycles. The average molecular weight is 512 g/mol. The fourth-order valence-corrected chi connectivity index (χ4v) is 5.86. The smallest absolute Gasteiger partial charge is 0.0745 e. The van der Waals surface area contributed by atoms with E-state index >= 15 is 0 Å². The zero-order valence-corrected chi connectivity index (χ0v) is 23.8. The molecular weight excluding hydrogens is 462 g/mol. The van der Waals surface area contributed by atoms with Gasteiger partial charge in [-0.05, 0) is 50.4 Å². The largest absolute Gasteiger partial charge is 0.277 e. The summed E-state index contributed by atoms with van der Waals surface area (Å²) in [5.74, 6) is 0. The number of hydrogen-bond donors (Lipinski definition) is 1. The molecule has 0 bridgehead atoms. The van der Waals surface area contributed by atoms with E-state index in [-0.39, 0.29) is 0 Å². The highest BCUT2D eigenvalue weighted by Crippen LogP contribution is 2.36. The summed E-state index contributed by atoms with van der Waals surface area (Å²) in [5.41, 5.74) is 4.25. The van der Waals surface area contributed by atoms with E-state index in [1.54, 1.807) is 0 Å². The molecular formula is C36H49NO. The molecule has 0 radical (unpaired) electrons. The molecule has 0 unspecified atom stereocenters. The molecule has 204 valence electrons. The molecule has 2 heteroatoms. The number of hydroxylamine groups is 1. The van der Waals surface area contributed by atoms with E-state index in [0.717, 1.165) is 13.0 Å². The molecule has 0 aromatic heterocycles. The van der Waals surface area contributed by atoms with Gasteiger partial charge in [0.25, 0.3) is 0 Å². The highest BCUT2D eigenvalue weighted by Gasteiger charge is 2.09. The van der Waals surface area contributed by atoms with Crippen LogP contribution < -0.4 is 5.48 Å². The van der Waals surface area contributed by atoms with Crippen molar-refractivity contribution in [2.75, 3.05) is 6.61 Å². The van der Waals surface area contributed by atoms with Gasteiger partial charge >= 0.3 is 0 Å². The van der Waals surface area contributed by atoms with E-state index in [9.17, 15) is 0 Å². The molecule has 0 amide bonds. The lowest BCUT2D eigenvalue weighted by Gasteiger charge is -2.12. The van der Waals surface area contributed by atoms with Crippen molar-refractivity contribution in [3.8, 4) is 0 Å². The van der Waals surface area contributed by atoms with Crippen LogP contribution in [-0.4, -0.2) is 6.61 Å². The zero-order valence-electron chi connectivity index (χ0n) is 23.8. The van der Waals surface area contributed by atoms with Crippen LogP contribution in [-0.2, 0) is 4.84 Å². The second-order valence-corrected chi connectivity index (χ2v) is 11.1. The molecule has 0 aliphatic rings. The third-order valence-corrected chi connectivity index (χ3v) is 8.08. The van der Waals surface area contributed by atoms with Gasteiger partial charge in [-0.2, -0.15) is 0 Å². The van der Waals surface area contributed by atoms with Crippen LogP contribution in [0.4, 0.5) is 0 Å². The summed E-state index contributed by atoms with van der Waals surface area (Å²) >= 11 is 0. The molecule has 0 saturated carbocycles. The number of rotatable bonds is 20. The Morgan fingerprint density at radius 1 is 0.553 bits per heavy atom. The Morgan fingerprint density at radius 2 is 1.05 bits per heavy atom. The molecule has 4 aromatic carbocycles. The van der Waals surface area contributed by atoms with Crippen molar-refractivity contribution < 1.29 is 4.84 Å². The Morgan fingerprint density at radius 3 is 1.66 bits per heavy atom. The van der Waals surface area contributed by atoms with Gasteiger partial charge in [0.1, 0.15) is 0 Å². The maximum absolute atomic E-state index is 5.66. The summed E-state index contributed by atoms with van der Waals surface area (Å²) in [5, 5.41) is 7.93. The van der Waals surface area contributed by atoms with Gasteiger partial charge in [-0.15, -0.1) is 0 Å². The van der Waals surface area contributed by atoms with Crippen LogP contribution in [0.15, 0.2) is 60.8 Å². The Bertz CT molecular complexity index is 1210. The number of unbranched alkanes of at least 4 members (excludes halogenated alkanes) is 15. The first-order valence-electron chi connectivity index (χ1n) is 15.6. The molecule has 0 aliphatic heterocycles. The van der Waals surface area contributed by atoms with Gasteiger partial charge in [0.2, 0.25) is 0 Å². The van der Waals surface area contributed by atoms with Gasteiger partial charge in [-0.1, -0.05) is 158 Å². The van der Waals surface area contributed by atoms with Crippen LogP contribution in [0.2, 0.25) is 0 Å². The van der Waals surface area contributed by atoms with Gasteiger partial charge in [0, 0.05) is 6.20 Å². The van der Waals surface area contributed by atoms with Gasteiger partial charge in [0.15, 0.2) is 0 Å². The Labute approximate surface area is 231 Å². The van der Waals surface area contributed by atoms with Crippen molar-refractivity contribution in [2.24, 2.45) is 0 Å². The second kappa shape index (κ2) is 16.4. The predicted octanol–water partition coefficient (Wildman–Crippen LogP) is 11.3. The summed E-state index contributed by atoms with van der Waals surface area (Å²) < 4.78 is 0. The van der Waals surface area contributed by atoms with Crippen LogP contribution >= 0.6 is 0 Å². The highest BCUT2D eigenvalue weighted by molar-refractivity contribution is 6.24. The average Bonchev–Trinajstić information content (AvgIpc) is 2.95. The third kappa shape index (κ3) is 8.46. The summed E-state index contributed by atoms with van der Waals surface area (Å²) in [7, 11) is 0. The molecule has 4 rings (SSSR count). The fraction of sp³-hybridized carbons (Fsp3) is 0.500. The maximum Gasteiger partial charge on any atom is 0.0745 e. The number of nitrogens with one attached hydrogen (secondary N) is 1. The SMILES string of the molecule is CCCCCCCCCCCCCCCCCCONC=Cc1ccc2ccc3cccc4ccc1c2c34. The van der Waals surface area contributed by atoms with Crippen LogP contribution in [0.5, 0.6) is 0 Å². The second-order valence-electron chi connectivity index (χ2n) is 11.1. The van der Waals surface area contributed by atoms with E-state index in [0.29, 0.717) is 0 Å². The zero-order chi connectivity index (χ0) is 26.3. The monoisotopic (exact) mass is 511 g/mol. The van der Waals surface area contributed by atoms with Crippen LogP contribution in [0.3, 0.4) is 0 Å². The lowest BCUT2D eigenvalue weighted by molar-refractivity contribution is 0.0686. The predicted molar refractivity (Wildman–Crippen MR) is 168 cm³/mol. The third-order valence-electron chi connectivity index (χ3n) is 8.08. The quantitative estimate of drug-likeness (QED) is 0.0723. The van der Waals surface area contributed by atoms with E-state index < -0.39 is 0 Å².